The molecule has 1 heterocycles. The van der Waals surface area contributed by atoms with Crippen molar-refractivity contribution < 1.29 is 36.2 Å². The van der Waals surface area contributed by atoms with Crippen molar-refractivity contribution in [2.24, 2.45) is 0 Å². The van der Waals surface area contributed by atoms with Crippen LogP contribution in [0.5, 0.6) is 0 Å². The normalized spacial score (nSPS) is 13.0. The third-order valence-corrected chi connectivity index (χ3v) is 7.36. The van der Waals surface area contributed by atoms with Gasteiger partial charge in [0.15, 0.2) is 0 Å². The number of para-hydroxylation sites is 2. The Bertz CT molecular complexity index is 1160. The molecule has 0 aliphatic carbocycles. The van der Waals surface area contributed by atoms with Crippen LogP contribution in [0.25, 0.3) is 0 Å². The lowest BCUT2D eigenvalue weighted by Gasteiger charge is -2.19. The minimum Gasteiger partial charge on any atom is -0.465 e. The number of esters is 1. The molecule has 0 amide bonds. The van der Waals surface area contributed by atoms with Crippen LogP contribution in [0.2, 0.25) is 0 Å². The number of benzene rings is 2. The first-order valence-electron chi connectivity index (χ1n) is 10.7. The summed E-state index contributed by atoms with van der Waals surface area (Å²) in [5, 5.41) is 9.01. The number of anilines is 2. The van der Waals surface area contributed by atoms with Crippen molar-refractivity contribution in [2.45, 2.75) is 19.4 Å². The molecule has 1 N–H and O–H groups in total. The van der Waals surface area contributed by atoms with E-state index in [1.165, 1.54) is 40.1 Å². The smallest absolute Gasteiger partial charge is 0.340 e. The molecule has 35 heavy (non-hydrogen) atoms. The molecular formula is C23H34N2O8S2. The van der Waals surface area contributed by atoms with Gasteiger partial charge < -0.3 is 14.6 Å². The van der Waals surface area contributed by atoms with Crippen molar-refractivity contribution in [3.05, 3.63) is 59.7 Å². The van der Waals surface area contributed by atoms with Crippen LogP contribution in [0.1, 0.15) is 28.8 Å². The SMILES string of the molecule is C1CCOC1.CN(c1ccccc1CO)S(C)(=O)=O.COC(=O)c1ccccc1N(C)S(C)(=O)=O. The van der Waals surface area contributed by atoms with E-state index in [9.17, 15) is 21.6 Å². The highest BCUT2D eigenvalue weighted by molar-refractivity contribution is 7.92. The van der Waals surface area contributed by atoms with Crippen LogP contribution < -0.4 is 8.61 Å². The van der Waals surface area contributed by atoms with Gasteiger partial charge in [-0.05, 0) is 31.0 Å². The number of carbonyl (C=O) groups is 1. The van der Waals surface area contributed by atoms with Gasteiger partial charge in [0.1, 0.15) is 0 Å². The molecule has 0 radical (unpaired) electrons. The van der Waals surface area contributed by atoms with E-state index in [1.807, 2.05) is 0 Å². The van der Waals surface area contributed by atoms with Crippen LogP contribution in [-0.4, -0.2) is 74.8 Å². The highest BCUT2D eigenvalue weighted by Crippen LogP contribution is 2.22. The second kappa shape index (κ2) is 14.0. The van der Waals surface area contributed by atoms with E-state index in [-0.39, 0.29) is 12.2 Å². The molecule has 0 atom stereocenters. The van der Waals surface area contributed by atoms with E-state index >= 15 is 0 Å². The quantitative estimate of drug-likeness (QED) is 0.563. The summed E-state index contributed by atoms with van der Waals surface area (Å²) in [6.45, 7) is 1.83. The van der Waals surface area contributed by atoms with E-state index < -0.39 is 26.0 Å². The van der Waals surface area contributed by atoms with Gasteiger partial charge in [0.05, 0.1) is 43.2 Å². The number of hydrogen-bond acceptors (Lipinski definition) is 8. The van der Waals surface area contributed by atoms with Crippen molar-refractivity contribution in [3.8, 4) is 0 Å². The summed E-state index contributed by atoms with van der Waals surface area (Å²) in [6.07, 6.45) is 4.75. The number of methoxy groups -OCH3 is 1. The fourth-order valence-electron chi connectivity index (χ4n) is 2.85. The number of nitrogens with zero attached hydrogens (tertiary/aromatic N) is 2. The van der Waals surface area contributed by atoms with Gasteiger partial charge in [-0.2, -0.15) is 0 Å². The molecule has 12 heteroatoms. The molecule has 1 aliphatic heterocycles. The highest BCUT2D eigenvalue weighted by Gasteiger charge is 2.19. The molecular weight excluding hydrogens is 496 g/mol. The predicted octanol–water partition coefficient (Wildman–Crippen LogP) is 2.24. The van der Waals surface area contributed by atoms with Gasteiger partial charge >= 0.3 is 5.97 Å². The number of hydrogen-bond donors (Lipinski definition) is 1. The molecule has 196 valence electrons. The molecule has 3 rings (SSSR count). The average molecular weight is 531 g/mol. The topological polar surface area (TPSA) is 131 Å². The minimum atomic E-state index is -3.39. The molecule has 0 saturated carbocycles. The summed E-state index contributed by atoms with van der Waals surface area (Å²) in [5.74, 6) is -0.564. The summed E-state index contributed by atoms with van der Waals surface area (Å²) in [7, 11) is -2.56. The first kappa shape index (κ1) is 30.4. The zero-order valence-electron chi connectivity index (χ0n) is 20.7. The molecule has 1 aliphatic rings. The number of aliphatic hydroxyl groups is 1. The van der Waals surface area contributed by atoms with Crippen molar-refractivity contribution in [2.75, 3.05) is 55.5 Å². The Morgan fingerprint density at radius 2 is 1.34 bits per heavy atom. The number of rotatable bonds is 6. The Hall–Kier alpha value is -2.67. The molecule has 0 spiro atoms. The van der Waals surface area contributed by atoms with E-state index in [0.717, 1.165) is 34.3 Å². The summed E-state index contributed by atoms with van der Waals surface area (Å²) in [5.41, 5.74) is 1.63. The van der Waals surface area contributed by atoms with Gasteiger partial charge in [0, 0.05) is 32.9 Å². The summed E-state index contributed by atoms with van der Waals surface area (Å²) in [6, 6.07) is 13.2. The molecule has 2 aromatic carbocycles. The minimum absolute atomic E-state index is 0.171. The van der Waals surface area contributed by atoms with Gasteiger partial charge in [-0.15, -0.1) is 0 Å². The lowest BCUT2D eigenvalue weighted by Crippen LogP contribution is -2.26. The zero-order valence-corrected chi connectivity index (χ0v) is 22.3. The number of aliphatic hydroxyl groups excluding tert-OH is 1. The van der Waals surface area contributed by atoms with Crippen LogP contribution >= 0.6 is 0 Å². The van der Waals surface area contributed by atoms with Crippen molar-refractivity contribution >= 4 is 37.4 Å². The summed E-state index contributed by atoms with van der Waals surface area (Å²) >= 11 is 0. The monoisotopic (exact) mass is 530 g/mol. The van der Waals surface area contributed by atoms with Gasteiger partial charge in [-0.3, -0.25) is 8.61 Å². The number of ether oxygens (including phenoxy) is 2. The van der Waals surface area contributed by atoms with Crippen LogP contribution in [0.4, 0.5) is 11.4 Å². The van der Waals surface area contributed by atoms with Crippen LogP contribution in [0.15, 0.2) is 48.5 Å². The Balaban J connectivity index is 0.000000293. The number of carbonyl (C=O) groups excluding carboxylic acids is 1. The maximum atomic E-state index is 11.4. The fourth-order valence-corrected chi connectivity index (χ4v) is 3.90. The van der Waals surface area contributed by atoms with Gasteiger partial charge in [-0.25, -0.2) is 21.6 Å². The van der Waals surface area contributed by atoms with Crippen molar-refractivity contribution in [3.63, 3.8) is 0 Å². The summed E-state index contributed by atoms with van der Waals surface area (Å²) < 4.78 is 56.9. The molecule has 0 bridgehead atoms. The lowest BCUT2D eigenvalue weighted by atomic mass is 10.2. The third kappa shape index (κ3) is 9.84. The highest BCUT2D eigenvalue weighted by atomic mass is 32.2. The molecule has 2 aromatic rings. The zero-order chi connectivity index (χ0) is 26.6. The van der Waals surface area contributed by atoms with Gasteiger partial charge in [0.25, 0.3) is 0 Å². The Morgan fingerprint density at radius 1 is 0.886 bits per heavy atom. The molecule has 1 fully saturated rings. The Morgan fingerprint density at radius 3 is 1.77 bits per heavy atom. The molecule has 1 saturated heterocycles. The van der Waals surface area contributed by atoms with Crippen molar-refractivity contribution in [1.82, 2.24) is 0 Å². The second-order valence-electron chi connectivity index (χ2n) is 7.58. The van der Waals surface area contributed by atoms with E-state index in [4.69, 9.17) is 9.84 Å². The van der Waals surface area contributed by atoms with Gasteiger partial charge in [0.2, 0.25) is 20.0 Å². The largest absolute Gasteiger partial charge is 0.465 e. The third-order valence-electron chi connectivity index (χ3n) is 4.97. The van der Waals surface area contributed by atoms with Crippen LogP contribution in [0, 0.1) is 0 Å². The maximum Gasteiger partial charge on any atom is 0.340 e. The molecule has 10 nitrogen and oxygen atoms in total. The maximum absolute atomic E-state index is 11.4. The predicted molar refractivity (Wildman–Crippen MR) is 137 cm³/mol. The summed E-state index contributed by atoms with van der Waals surface area (Å²) in [4.78, 5) is 11.4. The Labute approximate surface area is 208 Å². The van der Waals surface area contributed by atoms with Crippen LogP contribution in [0.3, 0.4) is 0 Å². The second-order valence-corrected chi connectivity index (χ2v) is 11.6. The average Bonchev–Trinajstić information content (AvgIpc) is 3.42. The van der Waals surface area contributed by atoms with E-state index in [2.05, 4.69) is 4.74 Å². The van der Waals surface area contributed by atoms with Gasteiger partial charge in [-0.1, -0.05) is 30.3 Å². The number of sulfonamides is 2. The first-order chi connectivity index (χ1) is 16.3. The first-order valence-corrected chi connectivity index (χ1v) is 14.4. The Kier molecular flexibility index (Phi) is 12.2. The van der Waals surface area contributed by atoms with E-state index in [0.29, 0.717) is 16.9 Å². The standard InChI is InChI=1S/C10H13NO4S.C9H13NO3S.C4H8O/c1-11(16(3,13)14)9-7-5-4-6-8(9)10(12)15-2;1-10(14(2,12)13)9-6-4-3-5-8(9)7-11;1-2-4-5-3-1/h4-7H,1-3H3;3-6,11H,7H2,1-2H3;1-4H2. The van der Waals surface area contributed by atoms with Crippen molar-refractivity contribution in [1.29, 1.82) is 0 Å². The molecule has 0 aromatic heterocycles. The fraction of sp³-hybridized carbons (Fsp3) is 0.435. The lowest BCUT2D eigenvalue weighted by molar-refractivity contribution is 0.0601. The van der Waals surface area contributed by atoms with Crippen LogP contribution in [-0.2, 0) is 36.1 Å². The molecule has 0 unspecified atom stereocenters. The van der Waals surface area contributed by atoms with E-state index in [1.54, 1.807) is 42.5 Å².